The second kappa shape index (κ2) is 9.78. The Morgan fingerprint density at radius 2 is 1.65 bits per heavy atom. The van der Waals surface area contributed by atoms with Crippen LogP contribution in [0.1, 0.15) is 38.7 Å². The monoisotopic (exact) mass is 494 g/mol. The largest absolute Gasteiger partial charge is 0.507 e. The molecule has 0 aliphatic carbocycles. The van der Waals surface area contributed by atoms with Gasteiger partial charge in [-0.3, -0.25) is 9.59 Å². The number of aliphatic hydroxyl groups is 1. The first kappa shape index (κ1) is 24.1. The number of Topliss-reactive ketones (excluding diaryl/α,β-unsaturated/α-hetero) is 1. The standard InChI is InChI=1S/C30H26N2O5/c1-18-7-9-20(10-8-18)27(33)25-26(19-11-13-21(14-12-19)30(36)37-2)32(29(35)28(25)34)16-15-22-17-31-24-6-4-3-5-23(22)24/h3-14,17,26,31,33H,15-16H2,1-2H3/t26-/m1/s1. The number of carbonyl (C=O) groups is 3. The second-order valence-corrected chi connectivity index (χ2v) is 9.08. The number of ether oxygens (including phenoxy) is 1. The van der Waals surface area contributed by atoms with Gasteiger partial charge in [0.2, 0.25) is 0 Å². The van der Waals surface area contributed by atoms with Gasteiger partial charge in [-0.1, -0.05) is 60.2 Å². The summed E-state index contributed by atoms with van der Waals surface area (Å²) in [6, 6.07) is 20.8. The first-order valence-electron chi connectivity index (χ1n) is 12.0. The average Bonchev–Trinajstić information content (AvgIpc) is 3.45. The number of fused-ring (bicyclic) bond motifs is 1. The number of benzene rings is 3. The Morgan fingerprint density at radius 3 is 2.35 bits per heavy atom. The number of methoxy groups -OCH3 is 1. The highest BCUT2D eigenvalue weighted by Gasteiger charge is 2.45. The SMILES string of the molecule is COC(=O)c1ccc([C@@H]2C(=C(O)c3ccc(C)cc3)C(=O)C(=O)N2CCc2c[nH]c3ccccc23)cc1. The number of ketones is 1. The zero-order valence-electron chi connectivity index (χ0n) is 20.5. The molecule has 7 heteroatoms. The van der Waals surface area contributed by atoms with E-state index in [0.717, 1.165) is 22.0 Å². The Morgan fingerprint density at radius 1 is 0.973 bits per heavy atom. The molecule has 2 heterocycles. The smallest absolute Gasteiger partial charge is 0.337 e. The lowest BCUT2D eigenvalue weighted by molar-refractivity contribution is -0.139. The van der Waals surface area contributed by atoms with E-state index in [1.807, 2.05) is 49.5 Å². The molecule has 0 spiro atoms. The summed E-state index contributed by atoms with van der Waals surface area (Å²) in [7, 11) is 1.30. The lowest BCUT2D eigenvalue weighted by Gasteiger charge is -2.25. The van der Waals surface area contributed by atoms with Crippen molar-refractivity contribution in [1.82, 2.24) is 9.88 Å². The maximum atomic E-state index is 13.3. The number of nitrogens with zero attached hydrogens (tertiary/aromatic N) is 1. The molecule has 1 fully saturated rings. The van der Waals surface area contributed by atoms with Gasteiger partial charge in [0, 0.05) is 29.2 Å². The van der Waals surface area contributed by atoms with Crippen molar-refractivity contribution in [3.8, 4) is 0 Å². The molecule has 3 aromatic carbocycles. The molecule has 37 heavy (non-hydrogen) atoms. The summed E-state index contributed by atoms with van der Waals surface area (Å²) in [5, 5.41) is 12.3. The lowest BCUT2D eigenvalue weighted by atomic mass is 9.94. The fourth-order valence-electron chi connectivity index (χ4n) is 4.82. The van der Waals surface area contributed by atoms with Gasteiger partial charge in [0.1, 0.15) is 5.76 Å². The van der Waals surface area contributed by atoms with Crippen molar-refractivity contribution in [2.24, 2.45) is 0 Å². The van der Waals surface area contributed by atoms with Crippen LogP contribution in [-0.2, 0) is 20.7 Å². The van der Waals surface area contributed by atoms with E-state index >= 15 is 0 Å². The van der Waals surface area contributed by atoms with Crippen molar-refractivity contribution in [3.05, 3.63) is 112 Å². The number of esters is 1. The number of nitrogens with one attached hydrogen (secondary N) is 1. The molecular formula is C30H26N2O5. The summed E-state index contributed by atoms with van der Waals surface area (Å²) in [5.74, 6) is -2.12. The Bertz CT molecular complexity index is 1530. The minimum atomic E-state index is -0.807. The summed E-state index contributed by atoms with van der Waals surface area (Å²) in [4.78, 5) is 43.3. The number of rotatable bonds is 6. The topological polar surface area (TPSA) is 99.7 Å². The van der Waals surface area contributed by atoms with Gasteiger partial charge in [-0.15, -0.1) is 0 Å². The molecule has 2 N–H and O–H groups in total. The lowest BCUT2D eigenvalue weighted by Crippen LogP contribution is -2.31. The summed E-state index contributed by atoms with van der Waals surface area (Å²) < 4.78 is 4.79. The van der Waals surface area contributed by atoms with Crippen LogP contribution < -0.4 is 0 Å². The number of carbonyl (C=O) groups excluding carboxylic acids is 3. The highest BCUT2D eigenvalue weighted by atomic mass is 16.5. The van der Waals surface area contributed by atoms with E-state index in [0.29, 0.717) is 23.1 Å². The maximum absolute atomic E-state index is 13.3. The molecule has 0 saturated carbocycles. The molecule has 0 bridgehead atoms. The Hall–Kier alpha value is -4.65. The van der Waals surface area contributed by atoms with Crippen LogP contribution in [-0.4, -0.2) is 46.3 Å². The van der Waals surface area contributed by atoms with E-state index < -0.39 is 23.7 Å². The quantitative estimate of drug-likeness (QED) is 0.171. The first-order chi connectivity index (χ1) is 17.9. The van der Waals surface area contributed by atoms with Crippen LogP contribution in [0.4, 0.5) is 0 Å². The number of aliphatic hydroxyl groups excluding tert-OH is 1. The van der Waals surface area contributed by atoms with Gasteiger partial charge in [0.05, 0.1) is 24.3 Å². The summed E-state index contributed by atoms with van der Waals surface area (Å²) in [6.45, 7) is 2.19. The molecule has 1 aromatic heterocycles. The number of aryl methyl sites for hydroxylation is 1. The number of aromatic nitrogens is 1. The number of hydrogen-bond donors (Lipinski definition) is 2. The van der Waals surface area contributed by atoms with Crippen LogP contribution in [0.2, 0.25) is 0 Å². The highest BCUT2D eigenvalue weighted by molar-refractivity contribution is 6.46. The van der Waals surface area contributed by atoms with E-state index in [2.05, 4.69) is 4.98 Å². The van der Waals surface area contributed by atoms with E-state index in [9.17, 15) is 19.5 Å². The first-order valence-corrected chi connectivity index (χ1v) is 12.0. The third-order valence-corrected chi connectivity index (χ3v) is 6.81. The molecule has 5 rings (SSSR count). The minimum absolute atomic E-state index is 0.0265. The van der Waals surface area contributed by atoms with Crippen LogP contribution in [0.5, 0.6) is 0 Å². The van der Waals surface area contributed by atoms with E-state index in [-0.39, 0.29) is 17.9 Å². The van der Waals surface area contributed by atoms with Crippen molar-refractivity contribution in [2.45, 2.75) is 19.4 Å². The van der Waals surface area contributed by atoms with Gasteiger partial charge in [0.15, 0.2) is 0 Å². The Kier molecular flexibility index (Phi) is 6.36. The fourth-order valence-corrected chi connectivity index (χ4v) is 4.82. The third-order valence-electron chi connectivity index (χ3n) is 6.81. The van der Waals surface area contributed by atoms with Crippen molar-refractivity contribution in [3.63, 3.8) is 0 Å². The van der Waals surface area contributed by atoms with Crippen LogP contribution in [0.3, 0.4) is 0 Å². The number of H-pyrrole nitrogens is 1. The van der Waals surface area contributed by atoms with Crippen molar-refractivity contribution < 1.29 is 24.2 Å². The van der Waals surface area contributed by atoms with Crippen LogP contribution in [0, 0.1) is 6.92 Å². The van der Waals surface area contributed by atoms with E-state index in [4.69, 9.17) is 4.74 Å². The number of aromatic amines is 1. The fraction of sp³-hybridized carbons (Fsp3) is 0.167. The highest BCUT2D eigenvalue weighted by Crippen LogP contribution is 2.39. The maximum Gasteiger partial charge on any atom is 0.337 e. The molecule has 1 atom stereocenters. The van der Waals surface area contributed by atoms with Crippen molar-refractivity contribution >= 4 is 34.3 Å². The Balaban J connectivity index is 1.56. The zero-order chi connectivity index (χ0) is 26.1. The van der Waals surface area contributed by atoms with E-state index in [1.54, 1.807) is 36.4 Å². The number of likely N-dealkylation sites (tertiary alicyclic amines) is 1. The Labute approximate surface area is 214 Å². The molecule has 186 valence electrons. The number of hydrogen-bond acceptors (Lipinski definition) is 5. The molecule has 7 nitrogen and oxygen atoms in total. The van der Waals surface area contributed by atoms with E-state index in [1.165, 1.54) is 12.0 Å². The molecule has 1 aliphatic rings. The summed E-state index contributed by atoms with van der Waals surface area (Å²) in [6.07, 6.45) is 2.42. The molecule has 0 unspecified atom stereocenters. The molecule has 4 aromatic rings. The zero-order valence-corrected chi connectivity index (χ0v) is 20.5. The normalized spacial score (nSPS) is 16.9. The van der Waals surface area contributed by atoms with Crippen molar-refractivity contribution in [2.75, 3.05) is 13.7 Å². The minimum Gasteiger partial charge on any atom is -0.507 e. The summed E-state index contributed by atoms with van der Waals surface area (Å²) in [5.41, 5.74) is 4.46. The summed E-state index contributed by atoms with van der Waals surface area (Å²) >= 11 is 0. The van der Waals surface area contributed by atoms with Gasteiger partial charge in [-0.05, 0) is 42.7 Å². The van der Waals surface area contributed by atoms with Gasteiger partial charge < -0.3 is 19.7 Å². The van der Waals surface area contributed by atoms with Crippen molar-refractivity contribution in [1.29, 1.82) is 0 Å². The predicted octanol–water partition coefficient (Wildman–Crippen LogP) is 4.93. The van der Waals surface area contributed by atoms with Crippen LogP contribution in [0.15, 0.2) is 84.6 Å². The molecule has 1 amide bonds. The molecule has 1 aliphatic heterocycles. The van der Waals surface area contributed by atoms with Gasteiger partial charge in [0.25, 0.3) is 11.7 Å². The average molecular weight is 495 g/mol. The molecular weight excluding hydrogens is 468 g/mol. The third kappa shape index (κ3) is 4.40. The van der Waals surface area contributed by atoms with Gasteiger partial charge in [-0.25, -0.2) is 4.79 Å². The second-order valence-electron chi connectivity index (χ2n) is 9.08. The number of amides is 1. The molecule has 0 radical (unpaired) electrons. The predicted molar refractivity (Wildman–Crippen MR) is 140 cm³/mol. The van der Waals surface area contributed by atoms with Gasteiger partial charge in [-0.2, -0.15) is 0 Å². The van der Waals surface area contributed by atoms with Gasteiger partial charge >= 0.3 is 5.97 Å². The van der Waals surface area contributed by atoms with Crippen LogP contribution in [0.25, 0.3) is 16.7 Å². The number of para-hydroxylation sites is 1. The van der Waals surface area contributed by atoms with Crippen LogP contribution >= 0.6 is 0 Å². The molecule has 1 saturated heterocycles.